The molecule has 1 aromatic carbocycles. The molecule has 0 aromatic heterocycles. The highest BCUT2D eigenvalue weighted by Crippen LogP contribution is 2.15. The van der Waals surface area contributed by atoms with E-state index in [0.717, 1.165) is 0 Å². The molecule has 0 fully saturated rings. The maximum atomic E-state index is 12.9. The number of nitrogens with one attached hydrogen (secondary N) is 1. The maximum Gasteiger partial charge on any atom is 0.147 e. The van der Waals surface area contributed by atoms with E-state index in [1.807, 2.05) is 0 Å². The van der Waals surface area contributed by atoms with Gasteiger partial charge in [0.05, 0.1) is 5.75 Å². The summed E-state index contributed by atoms with van der Waals surface area (Å²) in [5.74, 6) is -0.296. The van der Waals surface area contributed by atoms with E-state index in [-0.39, 0.29) is 5.75 Å². The molecule has 1 aromatic rings. The Hall–Kier alpha value is -1.30. The first-order valence-electron chi connectivity index (χ1n) is 4.84. The van der Waals surface area contributed by atoms with Gasteiger partial charge in [0.1, 0.15) is 15.7 Å². The van der Waals surface area contributed by atoms with E-state index in [9.17, 15) is 12.8 Å². The molecule has 0 saturated carbocycles. The highest BCUT2D eigenvalue weighted by molar-refractivity contribution is 7.90. The zero-order valence-electron chi connectivity index (χ0n) is 9.03. The van der Waals surface area contributed by atoms with Crippen LogP contribution in [0.4, 0.5) is 15.8 Å². The Balaban J connectivity index is 2.43. The second-order valence-corrected chi connectivity index (χ2v) is 5.94. The van der Waals surface area contributed by atoms with Crippen molar-refractivity contribution < 1.29 is 12.8 Å². The molecule has 6 heteroatoms. The molecule has 0 amide bonds. The molecule has 0 aliphatic heterocycles. The van der Waals surface area contributed by atoms with E-state index in [1.54, 1.807) is 6.07 Å². The number of nitrogen functional groups attached to an aromatic ring is 1. The van der Waals surface area contributed by atoms with Crippen LogP contribution in [-0.2, 0) is 9.84 Å². The van der Waals surface area contributed by atoms with Gasteiger partial charge in [0.15, 0.2) is 0 Å². The fraction of sp³-hybridized carbons (Fsp3) is 0.400. The van der Waals surface area contributed by atoms with Gasteiger partial charge >= 0.3 is 0 Å². The van der Waals surface area contributed by atoms with E-state index in [2.05, 4.69) is 5.32 Å². The molecule has 16 heavy (non-hydrogen) atoms. The molecule has 0 bridgehead atoms. The molecule has 0 aliphatic rings. The number of sulfone groups is 1. The van der Waals surface area contributed by atoms with Crippen LogP contribution in [0.15, 0.2) is 18.2 Å². The second kappa shape index (κ2) is 5.16. The van der Waals surface area contributed by atoms with Crippen LogP contribution in [0.5, 0.6) is 0 Å². The third-order valence-electron chi connectivity index (χ3n) is 1.94. The Kier molecular flexibility index (Phi) is 4.12. The molecular formula is C10H15FN2O2S. The smallest absolute Gasteiger partial charge is 0.147 e. The fourth-order valence-electron chi connectivity index (χ4n) is 1.28. The summed E-state index contributed by atoms with van der Waals surface area (Å²) in [5, 5.41) is 2.91. The van der Waals surface area contributed by atoms with Gasteiger partial charge in [-0.2, -0.15) is 0 Å². The maximum absolute atomic E-state index is 12.9. The Morgan fingerprint density at radius 3 is 2.62 bits per heavy atom. The molecule has 0 unspecified atom stereocenters. The zero-order chi connectivity index (χ0) is 12.2. The lowest BCUT2D eigenvalue weighted by molar-refractivity contribution is 0.600. The minimum atomic E-state index is -2.93. The molecule has 90 valence electrons. The fourth-order valence-corrected chi connectivity index (χ4v) is 1.95. The van der Waals surface area contributed by atoms with Crippen molar-refractivity contribution in [1.29, 1.82) is 0 Å². The molecule has 0 atom stereocenters. The van der Waals surface area contributed by atoms with Crippen molar-refractivity contribution in [2.45, 2.75) is 6.42 Å². The Morgan fingerprint density at radius 1 is 1.38 bits per heavy atom. The number of halogens is 1. The van der Waals surface area contributed by atoms with Crippen LogP contribution in [0, 0.1) is 5.82 Å². The summed E-state index contributed by atoms with van der Waals surface area (Å²) in [6.07, 6.45) is 1.67. The number of nitrogens with two attached hydrogens (primary N) is 1. The van der Waals surface area contributed by atoms with Crippen LogP contribution < -0.4 is 11.1 Å². The van der Waals surface area contributed by atoms with Crippen LogP contribution in [0.1, 0.15) is 6.42 Å². The largest absolute Gasteiger partial charge is 0.399 e. The van der Waals surface area contributed by atoms with Gasteiger partial charge < -0.3 is 11.1 Å². The predicted octanol–water partition coefficient (Wildman–Crippen LogP) is 1.25. The van der Waals surface area contributed by atoms with E-state index in [1.165, 1.54) is 18.4 Å². The molecule has 0 saturated heterocycles. The summed E-state index contributed by atoms with van der Waals surface area (Å²) >= 11 is 0. The minimum absolute atomic E-state index is 0.116. The Morgan fingerprint density at radius 2 is 2.06 bits per heavy atom. The molecule has 4 nitrogen and oxygen atoms in total. The number of hydrogen-bond acceptors (Lipinski definition) is 4. The summed E-state index contributed by atoms with van der Waals surface area (Å²) in [7, 11) is -2.93. The molecule has 0 radical (unpaired) electrons. The summed E-state index contributed by atoms with van der Waals surface area (Å²) in [6, 6.07) is 4.14. The van der Waals surface area contributed by atoms with Crippen molar-refractivity contribution in [1.82, 2.24) is 0 Å². The van der Waals surface area contributed by atoms with Crippen molar-refractivity contribution in [3.8, 4) is 0 Å². The first-order chi connectivity index (χ1) is 7.37. The Labute approximate surface area is 94.6 Å². The Bertz CT molecular complexity index is 440. The van der Waals surface area contributed by atoms with Crippen LogP contribution in [-0.4, -0.2) is 27.0 Å². The van der Waals surface area contributed by atoms with Gasteiger partial charge in [0.2, 0.25) is 0 Å². The molecule has 0 heterocycles. The SMILES string of the molecule is CS(=O)(=O)CCCNc1cc(N)cc(F)c1. The highest BCUT2D eigenvalue weighted by Gasteiger charge is 2.02. The lowest BCUT2D eigenvalue weighted by Crippen LogP contribution is -2.09. The van der Waals surface area contributed by atoms with Crippen LogP contribution >= 0.6 is 0 Å². The average Bonchev–Trinajstić information content (AvgIpc) is 2.09. The van der Waals surface area contributed by atoms with Crippen molar-refractivity contribution >= 4 is 21.2 Å². The van der Waals surface area contributed by atoms with Crippen LogP contribution in [0.25, 0.3) is 0 Å². The van der Waals surface area contributed by atoms with Gasteiger partial charge in [-0.3, -0.25) is 0 Å². The lowest BCUT2D eigenvalue weighted by Gasteiger charge is -2.06. The van der Waals surface area contributed by atoms with Crippen molar-refractivity contribution in [2.24, 2.45) is 0 Å². The monoisotopic (exact) mass is 246 g/mol. The summed E-state index contributed by atoms with van der Waals surface area (Å²) in [4.78, 5) is 0. The average molecular weight is 246 g/mol. The number of hydrogen-bond donors (Lipinski definition) is 2. The molecule has 1 rings (SSSR count). The third kappa shape index (κ3) is 4.97. The van der Waals surface area contributed by atoms with Crippen molar-refractivity contribution in [2.75, 3.05) is 29.6 Å². The standard InChI is InChI=1S/C10H15FN2O2S/c1-16(14,15)4-2-3-13-10-6-8(11)5-9(12)7-10/h5-7,13H,2-4,12H2,1H3. The van der Waals surface area contributed by atoms with Gasteiger partial charge in [-0.05, 0) is 24.6 Å². The van der Waals surface area contributed by atoms with E-state index in [4.69, 9.17) is 5.73 Å². The normalized spacial score (nSPS) is 11.4. The zero-order valence-corrected chi connectivity index (χ0v) is 9.85. The van der Waals surface area contributed by atoms with E-state index in [0.29, 0.717) is 24.3 Å². The molecular weight excluding hydrogens is 231 g/mol. The molecule has 0 aliphatic carbocycles. The molecule has 0 spiro atoms. The van der Waals surface area contributed by atoms with Gasteiger partial charge in [0.25, 0.3) is 0 Å². The van der Waals surface area contributed by atoms with E-state index >= 15 is 0 Å². The number of anilines is 2. The first kappa shape index (κ1) is 12.8. The minimum Gasteiger partial charge on any atom is -0.399 e. The highest BCUT2D eigenvalue weighted by atomic mass is 32.2. The number of rotatable bonds is 5. The van der Waals surface area contributed by atoms with Gasteiger partial charge in [-0.25, -0.2) is 12.8 Å². The number of benzene rings is 1. The first-order valence-corrected chi connectivity index (χ1v) is 6.90. The predicted molar refractivity (Wildman–Crippen MR) is 63.6 cm³/mol. The molecule has 3 N–H and O–H groups in total. The van der Waals surface area contributed by atoms with Crippen LogP contribution in [0.2, 0.25) is 0 Å². The van der Waals surface area contributed by atoms with Crippen LogP contribution in [0.3, 0.4) is 0 Å². The summed E-state index contributed by atoms with van der Waals surface area (Å²) in [5.41, 5.74) is 6.36. The van der Waals surface area contributed by atoms with Gasteiger partial charge in [-0.1, -0.05) is 0 Å². The summed E-state index contributed by atoms with van der Waals surface area (Å²) < 4.78 is 34.6. The third-order valence-corrected chi connectivity index (χ3v) is 2.97. The van der Waals surface area contributed by atoms with Crippen molar-refractivity contribution in [3.63, 3.8) is 0 Å². The van der Waals surface area contributed by atoms with Gasteiger partial charge in [0, 0.05) is 24.2 Å². The van der Waals surface area contributed by atoms with Gasteiger partial charge in [-0.15, -0.1) is 0 Å². The lowest BCUT2D eigenvalue weighted by atomic mass is 10.2. The summed E-state index contributed by atoms with van der Waals surface area (Å²) in [6.45, 7) is 0.468. The topological polar surface area (TPSA) is 72.2 Å². The second-order valence-electron chi connectivity index (χ2n) is 3.68. The van der Waals surface area contributed by atoms with E-state index < -0.39 is 15.7 Å². The van der Waals surface area contributed by atoms with Crippen molar-refractivity contribution in [3.05, 3.63) is 24.0 Å². The quantitative estimate of drug-likeness (QED) is 0.606.